The van der Waals surface area contributed by atoms with Crippen LogP contribution in [0.4, 0.5) is 5.69 Å². The number of carbonyl (C=O) groups is 1. The van der Waals surface area contributed by atoms with Gasteiger partial charge >= 0.3 is 5.97 Å². The SMILES string of the molecule is Cc1cccc(C#N)c1N(C)CC(=O)O. The van der Waals surface area contributed by atoms with E-state index in [1.54, 1.807) is 24.1 Å². The normalized spacial score (nSPS) is 9.40. The van der Waals surface area contributed by atoms with Gasteiger partial charge in [-0.25, -0.2) is 0 Å². The van der Waals surface area contributed by atoms with E-state index in [-0.39, 0.29) is 6.54 Å². The molecule has 0 aliphatic heterocycles. The molecule has 0 aliphatic carbocycles. The molecule has 0 aromatic heterocycles. The Morgan fingerprint density at radius 3 is 2.80 bits per heavy atom. The maximum absolute atomic E-state index is 10.6. The highest BCUT2D eigenvalue weighted by Crippen LogP contribution is 2.23. The Balaban J connectivity index is 3.12. The van der Waals surface area contributed by atoms with Crippen molar-refractivity contribution in [2.45, 2.75) is 6.92 Å². The first-order chi connectivity index (χ1) is 7.06. The Hall–Kier alpha value is -2.02. The number of nitriles is 1. The summed E-state index contributed by atoms with van der Waals surface area (Å²) in [7, 11) is 1.66. The van der Waals surface area contributed by atoms with Gasteiger partial charge in [-0.05, 0) is 18.6 Å². The van der Waals surface area contributed by atoms with Crippen molar-refractivity contribution in [2.75, 3.05) is 18.5 Å². The number of para-hydroxylation sites is 1. The minimum atomic E-state index is -0.912. The second-order valence-electron chi connectivity index (χ2n) is 3.33. The van der Waals surface area contributed by atoms with Crippen molar-refractivity contribution in [3.63, 3.8) is 0 Å². The number of hydrogen-bond donors (Lipinski definition) is 1. The molecule has 0 saturated heterocycles. The Labute approximate surface area is 88.4 Å². The molecule has 1 aromatic rings. The molecule has 0 radical (unpaired) electrons. The highest BCUT2D eigenvalue weighted by molar-refractivity contribution is 5.76. The molecule has 78 valence electrons. The van der Waals surface area contributed by atoms with Crippen LogP contribution in [0.3, 0.4) is 0 Å². The first-order valence-corrected chi connectivity index (χ1v) is 4.49. The lowest BCUT2D eigenvalue weighted by molar-refractivity contribution is -0.135. The fourth-order valence-electron chi connectivity index (χ4n) is 1.54. The Bertz CT molecular complexity index is 421. The summed E-state index contributed by atoms with van der Waals surface area (Å²) in [5.74, 6) is -0.912. The standard InChI is InChI=1S/C11H12N2O2/c1-8-4-3-5-9(6-12)11(8)13(2)7-10(14)15/h3-5H,7H2,1-2H3,(H,14,15). The number of nitrogens with zero attached hydrogens (tertiary/aromatic N) is 2. The first kappa shape index (κ1) is 11.1. The van der Waals surface area contributed by atoms with E-state index >= 15 is 0 Å². The number of likely N-dealkylation sites (N-methyl/N-ethyl adjacent to an activating group) is 1. The number of benzene rings is 1. The minimum absolute atomic E-state index is 0.112. The lowest BCUT2D eigenvalue weighted by atomic mass is 10.1. The maximum Gasteiger partial charge on any atom is 0.323 e. The van der Waals surface area contributed by atoms with Crippen LogP contribution in [0.15, 0.2) is 18.2 Å². The zero-order chi connectivity index (χ0) is 11.4. The van der Waals surface area contributed by atoms with Crippen LogP contribution in [0, 0.1) is 18.3 Å². The van der Waals surface area contributed by atoms with E-state index in [0.717, 1.165) is 5.56 Å². The maximum atomic E-state index is 10.6. The van der Waals surface area contributed by atoms with Gasteiger partial charge in [0, 0.05) is 7.05 Å². The fourth-order valence-corrected chi connectivity index (χ4v) is 1.54. The molecule has 4 nitrogen and oxygen atoms in total. The van der Waals surface area contributed by atoms with Gasteiger partial charge in [-0.3, -0.25) is 4.79 Å². The molecular formula is C11H12N2O2. The number of hydrogen-bond acceptors (Lipinski definition) is 3. The van der Waals surface area contributed by atoms with Crippen molar-refractivity contribution < 1.29 is 9.90 Å². The summed E-state index contributed by atoms with van der Waals surface area (Å²) in [6.45, 7) is 1.74. The van der Waals surface area contributed by atoms with Crippen LogP contribution in [0.2, 0.25) is 0 Å². The summed E-state index contributed by atoms with van der Waals surface area (Å²) in [6, 6.07) is 7.38. The Kier molecular flexibility index (Phi) is 3.29. The van der Waals surface area contributed by atoms with E-state index in [9.17, 15) is 4.79 Å². The van der Waals surface area contributed by atoms with Gasteiger partial charge in [0.05, 0.1) is 11.3 Å². The van der Waals surface area contributed by atoms with Crippen molar-refractivity contribution in [1.82, 2.24) is 0 Å². The quantitative estimate of drug-likeness (QED) is 0.808. The van der Waals surface area contributed by atoms with Gasteiger partial charge in [0.1, 0.15) is 12.6 Å². The van der Waals surface area contributed by atoms with Crippen molar-refractivity contribution in [3.8, 4) is 6.07 Å². The number of aryl methyl sites for hydroxylation is 1. The molecule has 0 atom stereocenters. The van der Waals surface area contributed by atoms with Crippen molar-refractivity contribution in [3.05, 3.63) is 29.3 Å². The smallest absolute Gasteiger partial charge is 0.323 e. The van der Waals surface area contributed by atoms with E-state index in [4.69, 9.17) is 10.4 Å². The molecule has 0 heterocycles. The minimum Gasteiger partial charge on any atom is -0.480 e. The largest absolute Gasteiger partial charge is 0.480 e. The van der Waals surface area contributed by atoms with Crippen LogP contribution in [-0.4, -0.2) is 24.7 Å². The van der Waals surface area contributed by atoms with Crippen LogP contribution in [0.25, 0.3) is 0 Å². The topological polar surface area (TPSA) is 64.3 Å². The van der Waals surface area contributed by atoms with Crippen LogP contribution >= 0.6 is 0 Å². The predicted octanol–water partition coefficient (Wildman–Crippen LogP) is 1.39. The molecule has 0 saturated carbocycles. The summed E-state index contributed by atoms with van der Waals surface area (Å²) < 4.78 is 0. The van der Waals surface area contributed by atoms with Crippen molar-refractivity contribution in [1.29, 1.82) is 5.26 Å². The molecule has 0 spiro atoms. The van der Waals surface area contributed by atoms with E-state index in [1.807, 2.05) is 13.0 Å². The molecular weight excluding hydrogens is 192 g/mol. The lowest BCUT2D eigenvalue weighted by Crippen LogP contribution is -2.26. The molecule has 0 amide bonds. The molecule has 15 heavy (non-hydrogen) atoms. The molecule has 0 fully saturated rings. The molecule has 0 unspecified atom stereocenters. The van der Waals surface area contributed by atoms with Crippen LogP contribution in [0.5, 0.6) is 0 Å². The third kappa shape index (κ3) is 2.47. The van der Waals surface area contributed by atoms with Crippen molar-refractivity contribution in [2.24, 2.45) is 0 Å². The highest BCUT2D eigenvalue weighted by Gasteiger charge is 2.12. The van der Waals surface area contributed by atoms with Gasteiger partial charge in [-0.1, -0.05) is 12.1 Å². The van der Waals surface area contributed by atoms with Gasteiger partial charge < -0.3 is 10.0 Å². The number of carboxylic acid groups (broad SMARTS) is 1. The third-order valence-electron chi connectivity index (χ3n) is 2.11. The molecule has 1 rings (SSSR count). The van der Waals surface area contributed by atoms with Crippen molar-refractivity contribution >= 4 is 11.7 Å². The van der Waals surface area contributed by atoms with Crippen LogP contribution < -0.4 is 4.90 Å². The molecule has 1 N–H and O–H groups in total. The average Bonchev–Trinajstić information content (AvgIpc) is 2.15. The summed E-state index contributed by atoms with van der Waals surface area (Å²) in [4.78, 5) is 12.1. The highest BCUT2D eigenvalue weighted by atomic mass is 16.4. The lowest BCUT2D eigenvalue weighted by Gasteiger charge is -2.20. The third-order valence-corrected chi connectivity index (χ3v) is 2.11. The van der Waals surface area contributed by atoms with Crippen LogP contribution in [0.1, 0.15) is 11.1 Å². The predicted molar refractivity (Wildman–Crippen MR) is 56.8 cm³/mol. The van der Waals surface area contributed by atoms with Crippen LogP contribution in [-0.2, 0) is 4.79 Å². The summed E-state index contributed by atoms with van der Waals surface area (Å²) in [6.07, 6.45) is 0. The van der Waals surface area contributed by atoms with Gasteiger partial charge in [0.15, 0.2) is 0 Å². The summed E-state index contributed by atoms with van der Waals surface area (Å²) >= 11 is 0. The number of carboxylic acids is 1. The Morgan fingerprint density at radius 2 is 2.27 bits per heavy atom. The molecule has 0 bridgehead atoms. The van der Waals surface area contributed by atoms with Gasteiger partial charge in [-0.2, -0.15) is 5.26 Å². The first-order valence-electron chi connectivity index (χ1n) is 4.49. The second kappa shape index (κ2) is 4.47. The molecule has 0 aliphatic rings. The van der Waals surface area contributed by atoms with E-state index in [2.05, 4.69) is 6.07 Å². The zero-order valence-corrected chi connectivity index (χ0v) is 8.69. The van der Waals surface area contributed by atoms with E-state index in [0.29, 0.717) is 11.3 Å². The second-order valence-corrected chi connectivity index (χ2v) is 3.33. The number of anilines is 1. The summed E-state index contributed by atoms with van der Waals surface area (Å²) in [5, 5.41) is 17.6. The van der Waals surface area contributed by atoms with Gasteiger partial charge in [0.25, 0.3) is 0 Å². The number of aliphatic carboxylic acids is 1. The molecule has 1 aromatic carbocycles. The zero-order valence-electron chi connectivity index (χ0n) is 8.69. The van der Waals surface area contributed by atoms with E-state index < -0.39 is 5.97 Å². The van der Waals surface area contributed by atoms with Gasteiger partial charge in [0.2, 0.25) is 0 Å². The molecule has 4 heteroatoms. The fraction of sp³-hybridized carbons (Fsp3) is 0.273. The monoisotopic (exact) mass is 204 g/mol. The average molecular weight is 204 g/mol. The van der Waals surface area contributed by atoms with Gasteiger partial charge in [-0.15, -0.1) is 0 Å². The summed E-state index contributed by atoms with van der Waals surface area (Å²) in [5.41, 5.74) is 2.08. The van der Waals surface area contributed by atoms with E-state index in [1.165, 1.54) is 0 Å². The number of rotatable bonds is 3. The Morgan fingerprint density at radius 1 is 1.60 bits per heavy atom.